The molecule has 18 heavy (non-hydrogen) atoms. The minimum absolute atomic E-state index is 0.274. The molecular weight excluding hydrogens is 255 g/mol. The van der Waals surface area contributed by atoms with Crippen molar-refractivity contribution >= 4 is 12.1 Å². The summed E-state index contributed by atoms with van der Waals surface area (Å²) < 4.78 is 42.4. The molecule has 104 valence electrons. The Morgan fingerprint density at radius 3 is 2.28 bits per heavy atom. The van der Waals surface area contributed by atoms with Crippen LogP contribution in [0.1, 0.15) is 13.8 Å². The lowest BCUT2D eigenvalue weighted by Gasteiger charge is -2.32. The number of alkyl carbamates (subject to hydrolysis) is 1. The number of carbonyl (C=O) groups excluding carboxylic acids is 1. The summed E-state index contributed by atoms with van der Waals surface area (Å²) in [7, 11) is 0. The van der Waals surface area contributed by atoms with Gasteiger partial charge in [-0.15, -0.1) is 0 Å². The maximum absolute atomic E-state index is 12.7. The smallest absolute Gasteiger partial charge is 0.409 e. The average Bonchev–Trinajstić information content (AvgIpc) is 2.20. The van der Waals surface area contributed by atoms with Crippen LogP contribution in [0.25, 0.3) is 0 Å². The van der Waals surface area contributed by atoms with E-state index in [1.54, 1.807) is 0 Å². The molecule has 0 spiro atoms. The molecule has 1 atom stereocenters. The zero-order valence-electron chi connectivity index (χ0n) is 9.87. The summed E-state index contributed by atoms with van der Waals surface area (Å²) in [5, 5.41) is 10.3. The van der Waals surface area contributed by atoms with E-state index < -0.39 is 29.7 Å². The average molecular weight is 269 g/mol. The van der Waals surface area contributed by atoms with E-state index in [-0.39, 0.29) is 6.61 Å². The van der Waals surface area contributed by atoms with Gasteiger partial charge in [0.2, 0.25) is 0 Å². The van der Waals surface area contributed by atoms with Gasteiger partial charge in [-0.1, -0.05) is 12.7 Å². The number of nitrogens with one attached hydrogen (secondary N) is 1. The number of carboxylic acids is 1. The van der Waals surface area contributed by atoms with Gasteiger partial charge in [0.25, 0.3) is 0 Å². The highest BCUT2D eigenvalue weighted by atomic mass is 19.4. The van der Waals surface area contributed by atoms with E-state index in [0.717, 1.165) is 13.8 Å². The molecule has 0 heterocycles. The molecule has 1 amide bonds. The number of halogens is 3. The lowest BCUT2D eigenvalue weighted by Crippen LogP contribution is -2.57. The van der Waals surface area contributed by atoms with Gasteiger partial charge in [-0.05, 0) is 13.8 Å². The largest absolute Gasteiger partial charge is 0.481 e. The van der Waals surface area contributed by atoms with E-state index in [1.165, 1.54) is 11.4 Å². The highest BCUT2D eigenvalue weighted by molar-refractivity contribution is 5.76. The van der Waals surface area contributed by atoms with Gasteiger partial charge in [-0.25, -0.2) is 4.79 Å². The van der Waals surface area contributed by atoms with Crippen LogP contribution in [-0.2, 0) is 9.53 Å². The van der Waals surface area contributed by atoms with Crippen molar-refractivity contribution in [1.82, 2.24) is 5.32 Å². The normalized spacial score (nSPS) is 13.6. The highest BCUT2D eigenvalue weighted by Crippen LogP contribution is 2.34. The van der Waals surface area contributed by atoms with Crippen molar-refractivity contribution in [2.75, 3.05) is 6.61 Å². The van der Waals surface area contributed by atoms with E-state index in [9.17, 15) is 22.8 Å². The summed E-state index contributed by atoms with van der Waals surface area (Å²) >= 11 is 0. The molecule has 0 saturated heterocycles. The minimum atomic E-state index is -4.91. The number of hydrogen-bond donors (Lipinski definition) is 2. The molecule has 0 aromatic carbocycles. The molecule has 2 N–H and O–H groups in total. The third kappa shape index (κ3) is 4.27. The Morgan fingerprint density at radius 2 is 1.94 bits per heavy atom. The van der Waals surface area contributed by atoms with Gasteiger partial charge in [0.1, 0.15) is 12.6 Å². The van der Waals surface area contributed by atoms with Crippen LogP contribution in [0.3, 0.4) is 0 Å². The number of ether oxygens (including phenoxy) is 1. The Kier molecular flexibility index (Phi) is 5.19. The van der Waals surface area contributed by atoms with Crippen molar-refractivity contribution in [3.8, 4) is 0 Å². The Balaban J connectivity index is 4.99. The summed E-state index contributed by atoms with van der Waals surface area (Å²) in [4.78, 5) is 21.9. The van der Waals surface area contributed by atoms with Crippen molar-refractivity contribution in [2.45, 2.75) is 26.1 Å². The first-order chi connectivity index (χ1) is 8.03. The molecular formula is C10H14F3NO4. The SMILES string of the molecule is C=CCOC(=O)NC(C(F)(F)F)C(C)(C)C(=O)O. The Morgan fingerprint density at radius 1 is 1.44 bits per heavy atom. The molecule has 8 heteroatoms. The first kappa shape index (κ1) is 16.3. The summed E-state index contributed by atoms with van der Waals surface area (Å²) in [5.74, 6) is -1.69. The molecule has 0 radical (unpaired) electrons. The molecule has 0 bridgehead atoms. The molecule has 0 aromatic rings. The topological polar surface area (TPSA) is 75.6 Å². The van der Waals surface area contributed by atoms with Crippen LogP contribution >= 0.6 is 0 Å². The fourth-order valence-corrected chi connectivity index (χ4v) is 1.09. The Bertz CT molecular complexity index is 339. The monoisotopic (exact) mass is 269 g/mol. The summed E-state index contributed by atoms with van der Waals surface area (Å²) in [5.41, 5.74) is -2.22. The van der Waals surface area contributed by atoms with Crippen molar-refractivity contribution < 1.29 is 32.6 Å². The summed E-state index contributed by atoms with van der Waals surface area (Å²) in [6, 6.07) is -2.56. The lowest BCUT2D eigenvalue weighted by molar-refractivity contribution is -0.190. The molecule has 5 nitrogen and oxygen atoms in total. The lowest BCUT2D eigenvalue weighted by atomic mass is 9.84. The summed E-state index contributed by atoms with van der Waals surface area (Å²) in [6.07, 6.45) is -5.09. The molecule has 0 aliphatic heterocycles. The van der Waals surface area contributed by atoms with Gasteiger partial charge in [0.05, 0.1) is 5.41 Å². The number of carboxylic acid groups (broad SMARTS) is 1. The van der Waals surface area contributed by atoms with Gasteiger partial charge in [-0.3, -0.25) is 4.79 Å². The summed E-state index contributed by atoms with van der Waals surface area (Å²) in [6.45, 7) is 4.67. The number of alkyl halides is 3. The zero-order valence-corrected chi connectivity index (χ0v) is 9.87. The maximum Gasteiger partial charge on any atom is 0.409 e. The van der Waals surface area contributed by atoms with Crippen molar-refractivity contribution in [1.29, 1.82) is 0 Å². The van der Waals surface area contributed by atoms with E-state index in [0.29, 0.717) is 0 Å². The Labute approximate surface area is 102 Å². The molecule has 0 aliphatic carbocycles. The van der Waals surface area contributed by atoms with Gasteiger partial charge in [0.15, 0.2) is 0 Å². The standard InChI is InChI=1S/C10H14F3NO4/c1-4-5-18-8(17)14-6(10(11,12)13)9(2,3)7(15)16/h4,6H,1,5H2,2-3H3,(H,14,17)(H,15,16). The van der Waals surface area contributed by atoms with Gasteiger partial charge < -0.3 is 15.2 Å². The number of amides is 1. The van der Waals surface area contributed by atoms with Gasteiger partial charge in [-0.2, -0.15) is 13.2 Å². The van der Waals surface area contributed by atoms with E-state index in [4.69, 9.17) is 5.11 Å². The first-order valence-electron chi connectivity index (χ1n) is 4.87. The van der Waals surface area contributed by atoms with Crippen molar-refractivity contribution in [2.24, 2.45) is 5.41 Å². The van der Waals surface area contributed by atoms with Crippen LogP contribution < -0.4 is 5.32 Å². The van der Waals surface area contributed by atoms with E-state index in [2.05, 4.69) is 11.3 Å². The van der Waals surface area contributed by atoms with Crippen LogP contribution in [0.4, 0.5) is 18.0 Å². The van der Waals surface area contributed by atoms with Crippen LogP contribution in [0.15, 0.2) is 12.7 Å². The maximum atomic E-state index is 12.7. The zero-order chi connectivity index (χ0) is 14.6. The number of carbonyl (C=O) groups is 2. The molecule has 0 rings (SSSR count). The molecule has 0 aromatic heterocycles. The molecule has 0 fully saturated rings. The third-order valence-electron chi connectivity index (χ3n) is 2.19. The number of rotatable bonds is 5. The van der Waals surface area contributed by atoms with Gasteiger partial charge >= 0.3 is 18.2 Å². The molecule has 0 aliphatic rings. The predicted molar refractivity (Wildman–Crippen MR) is 55.9 cm³/mol. The van der Waals surface area contributed by atoms with Gasteiger partial charge in [0, 0.05) is 0 Å². The second kappa shape index (κ2) is 5.74. The number of hydrogen-bond acceptors (Lipinski definition) is 3. The second-order valence-corrected chi connectivity index (χ2v) is 4.03. The Hall–Kier alpha value is -1.73. The predicted octanol–water partition coefficient (Wildman–Crippen LogP) is 1.94. The molecule has 1 unspecified atom stereocenters. The third-order valence-corrected chi connectivity index (χ3v) is 2.19. The quantitative estimate of drug-likeness (QED) is 0.748. The van der Waals surface area contributed by atoms with Crippen LogP contribution in [0.2, 0.25) is 0 Å². The highest BCUT2D eigenvalue weighted by Gasteiger charge is 2.53. The van der Waals surface area contributed by atoms with E-state index >= 15 is 0 Å². The minimum Gasteiger partial charge on any atom is -0.481 e. The number of aliphatic carboxylic acids is 1. The van der Waals surface area contributed by atoms with Crippen LogP contribution in [0, 0.1) is 5.41 Å². The van der Waals surface area contributed by atoms with E-state index in [1.807, 2.05) is 0 Å². The fraction of sp³-hybridized carbons (Fsp3) is 0.600. The molecule has 0 saturated carbocycles. The first-order valence-corrected chi connectivity index (χ1v) is 4.87. The fourth-order valence-electron chi connectivity index (χ4n) is 1.09. The second-order valence-electron chi connectivity index (χ2n) is 4.03. The van der Waals surface area contributed by atoms with Crippen LogP contribution in [0.5, 0.6) is 0 Å². The van der Waals surface area contributed by atoms with Crippen molar-refractivity contribution in [3.05, 3.63) is 12.7 Å². The van der Waals surface area contributed by atoms with Crippen LogP contribution in [-0.4, -0.2) is 36.0 Å². The van der Waals surface area contributed by atoms with Crippen molar-refractivity contribution in [3.63, 3.8) is 0 Å².